The third-order valence-corrected chi connectivity index (χ3v) is 3.56. The third kappa shape index (κ3) is 2.35. The number of aliphatic carboxylic acids is 1. The second-order valence-electron chi connectivity index (χ2n) is 4.69. The molecule has 2 saturated heterocycles. The molecular formula is C11H18FNO3. The Balaban J connectivity index is 1.98. The van der Waals surface area contributed by atoms with E-state index in [1.165, 1.54) is 0 Å². The Morgan fingerprint density at radius 2 is 2.12 bits per heavy atom. The number of hydrogen-bond acceptors (Lipinski definition) is 3. The maximum Gasteiger partial charge on any atom is 0.342 e. The first-order valence-corrected chi connectivity index (χ1v) is 5.86. The highest BCUT2D eigenvalue weighted by molar-refractivity contribution is 5.77. The van der Waals surface area contributed by atoms with E-state index in [1.807, 2.05) is 4.90 Å². The van der Waals surface area contributed by atoms with Crippen LogP contribution in [0.5, 0.6) is 0 Å². The fourth-order valence-electron chi connectivity index (χ4n) is 2.58. The van der Waals surface area contributed by atoms with E-state index in [-0.39, 0.29) is 13.0 Å². The van der Waals surface area contributed by atoms with Crippen LogP contribution in [0, 0.1) is 0 Å². The monoisotopic (exact) mass is 231 g/mol. The van der Waals surface area contributed by atoms with Crippen molar-refractivity contribution in [1.29, 1.82) is 0 Å². The summed E-state index contributed by atoms with van der Waals surface area (Å²) >= 11 is 0. The van der Waals surface area contributed by atoms with E-state index < -0.39 is 11.6 Å². The number of ether oxygens (including phenoxy) is 1. The fraction of sp³-hybridized carbons (Fsp3) is 0.909. The van der Waals surface area contributed by atoms with Crippen LogP contribution < -0.4 is 0 Å². The quantitative estimate of drug-likeness (QED) is 0.772. The largest absolute Gasteiger partial charge is 0.479 e. The Morgan fingerprint density at radius 1 is 1.44 bits per heavy atom. The van der Waals surface area contributed by atoms with E-state index in [1.54, 1.807) is 0 Å². The Labute approximate surface area is 94.4 Å². The molecule has 1 atom stereocenters. The summed E-state index contributed by atoms with van der Waals surface area (Å²) in [5.41, 5.74) is -2.05. The van der Waals surface area contributed by atoms with Crippen molar-refractivity contribution < 1.29 is 19.0 Å². The number of carboxylic acid groups (broad SMARTS) is 1. The van der Waals surface area contributed by atoms with E-state index in [9.17, 15) is 9.18 Å². The van der Waals surface area contributed by atoms with Crippen LogP contribution in [-0.4, -0.2) is 54.0 Å². The molecule has 0 radical (unpaired) electrons. The van der Waals surface area contributed by atoms with Crippen molar-refractivity contribution in [1.82, 2.24) is 4.90 Å². The van der Waals surface area contributed by atoms with Gasteiger partial charge < -0.3 is 9.84 Å². The summed E-state index contributed by atoms with van der Waals surface area (Å²) in [6, 6.07) is 0.295. The van der Waals surface area contributed by atoms with Crippen molar-refractivity contribution in [2.45, 2.75) is 37.4 Å². The maximum atomic E-state index is 14.0. The normalized spacial score (nSPS) is 33.8. The van der Waals surface area contributed by atoms with Gasteiger partial charge in [0.2, 0.25) is 5.67 Å². The molecule has 0 bridgehead atoms. The van der Waals surface area contributed by atoms with Gasteiger partial charge in [-0.25, -0.2) is 9.18 Å². The average Bonchev–Trinajstić information content (AvgIpc) is 2.30. The summed E-state index contributed by atoms with van der Waals surface area (Å²) in [4.78, 5) is 12.9. The zero-order chi connectivity index (χ0) is 11.6. The predicted molar refractivity (Wildman–Crippen MR) is 56.1 cm³/mol. The number of carboxylic acids is 1. The molecule has 5 heteroatoms. The molecule has 2 fully saturated rings. The molecule has 4 nitrogen and oxygen atoms in total. The van der Waals surface area contributed by atoms with Crippen LogP contribution in [0.2, 0.25) is 0 Å². The lowest BCUT2D eigenvalue weighted by Gasteiger charge is -2.40. The van der Waals surface area contributed by atoms with Gasteiger partial charge in [0.05, 0.1) is 0 Å². The first-order chi connectivity index (χ1) is 7.62. The van der Waals surface area contributed by atoms with Crippen LogP contribution in [0.15, 0.2) is 0 Å². The molecule has 16 heavy (non-hydrogen) atoms. The number of alkyl halides is 1. The number of carbonyl (C=O) groups is 1. The van der Waals surface area contributed by atoms with E-state index in [0.717, 1.165) is 19.4 Å². The van der Waals surface area contributed by atoms with Gasteiger partial charge in [0.15, 0.2) is 0 Å². The summed E-state index contributed by atoms with van der Waals surface area (Å²) < 4.78 is 19.3. The summed E-state index contributed by atoms with van der Waals surface area (Å²) in [7, 11) is 0. The molecule has 1 N–H and O–H groups in total. The molecule has 0 saturated carbocycles. The van der Waals surface area contributed by atoms with E-state index in [0.29, 0.717) is 25.7 Å². The van der Waals surface area contributed by atoms with Gasteiger partial charge in [-0.05, 0) is 32.2 Å². The SMILES string of the molecule is O=C(O)C1(F)CCCN(C2CCOCC2)C1. The van der Waals surface area contributed by atoms with Crippen molar-refractivity contribution >= 4 is 5.97 Å². The van der Waals surface area contributed by atoms with Crippen molar-refractivity contribution in [3.63, 3.8) is 0 Å². The van der Waals surface area contributed by atoms with Gasteiger partial charge in [-0.2, -0.15) is 0 Å². The van der Waals surface area contributed by atoms with E-state index in [4.69, 9.17) is 9.84 Å². The van der Waals surface area contributed by atoms with Crippen molar-refractivity contribution in [3.05, 3.63) is 0 Å². The zero-order valence-corrected chi connectivity index (χ0v) is 9.32. The van der Waals surface area contributed by atoms with Gasteiger partial charge >= 0.3 is 5.97 Å². The molecule has 1 unspecified atom stereocenters. The number of nitrogens with zero attached hydrogens (tertiary/aromatic N) is 1. The smallest absolute Gasteiger partial charge is 0.342 e. The number of piperidine rings is 1. The third-order valence-electron chi connectivity index (χ3n) is 3.56. The van der Waals surface area contributed by atoms with Crippen molar-refractivity contribution in [2.75, 3.05) is 26.3 Å². The van der Waals surface area contributed by atoms with Crippen LogP contribution in [0.1, 0.15) is 25.7 Å². The molecule has 0 aromatic carbocycles. The minimum Gasteiger partial charge on any atom is -0.479 e. The first kappa shape index (κ1) is 11.8. The van der Waals surface area contributed by atoms with Gasteiger partial charge in [-0.3, -0.25) is 4.90 Å². The molecule has 2 rings (SSSR count). The molecule has 0 spiro atoms. The van der Waals surface area contributed by atoms with Gasteiger partial charge in [-0.15, -0.1) is 0 Å². The highest BCUT2D eigenvalue weighted by Gasteiger charge is 2.44. The molecule has 2 heterocycles. The Hall–Kier alpha value is -0.680. The highest BCUT2D eigenvalue weighted by atomic mass is 19.1. The lowest BCUT2D eigenvalue weighted by molar-refractivity contribution is -0.156. The molecule has 0 amide bonds. The minimum absolute atomic E-state index is 0.0347. The Bertz CT molecular complexity index is 268. The number of likely N-dealkylation sites (tertiary alicyclic amines) is 1. The second kappa shape index (κ2) is 4.67. The van der Waals surface area contributed by atoms with E-state index >= 15 is 0 Å². The van der Waals surface area contributed by atoms with Crippen LogP contribution in [-0.2, 0) is 9.53 Å². The summed E-state index contributed by atoms with van der Waals surface area (Å²) in [6.07, 6.45) is 2.54. The zero-order valence-electron chi connectivity index (χ0n) is 9.32. The highest BCUT2D eigenvalue weighted by Crippen LogP contribution is 2.29. The summed E-state index contributed by atoms with van der Waals surface area (Å²) in [6.45, 7) is 2.25. The average molecular weight is 231 g/mol. The van der Waals surface area contributed by atoms with Gasteiger partial charge in [0.1, 0.15) is 0 Å². The van der Waals surface area contributed by atoms with Crippen LogP contribution in [0.25, 0.3) is 0 Å². The second-order valence-corrected chi connectivity index (χ2v) is 4.69. The van der Waals surface area contributed by atoms with Crippen molar-refractivity contribution in [2.24, 2.45) is 0 Å². The number of rotatable bonds is 2. The van der Waals surface area contributed by atoms with Crippen LogP contribution in [0.3, 0.4) is 0 Å². The Morgan fingerprint density at radius 3 is 2.75 bits per heavy atom. The van der Waals surface area contributed by atoms with E-state index in [2.05, 4.69) is 0 Å². The van der Waals surface area contributed by atoms with Crippen LogP contribution in [0.4, 0.5) is 4.39 Å². The standard InChI is InChI=1S/C11H18FNO3/c12-11(10(14)15)4-1-5-13(8-11)9-2-6-16-7-3-9/h9H,1-8H2,(H,14,15). The predicted octanol–water partition coefficient (Wildman–Crippen LogP) is 1.05. The molecule has 0 aromatic heterocycles. The molecule has 2 aliphatic heterocycles. The Kier molecular flexibility index (Phi) is 3.44. The van der Waals surface area contributed by atoms with Gasteiger partial charge in [0, 0.05) is 25.8 Å². The lowest BCUT2D eigenvalue weighted by Crippen LogP contribution is -2.54. The molecule has 92 valence electrons. The maximum absolute atomic E-state index is 14.0. The minimum atomic E-state index is -2.05. The molecule has 0 aromatic rings. The first-order valence-electron chi connectivity index (χ1n) is 5.86. The number of halogens is 1. The van der Waals surface area contributed by atoms with Crippen LogP contribution >= 0.6 is 0 Å². The molecular weight excluding hydrogens is 213 g/mol. The summed E-state index contributed by atoms with van der Waals surface area (Å²) in [5, 5.41) is 8.89. The fourth-order valence-corrected chi connectivity index (χ4v) is 2.58. The lowest BCUT2D eigenvalue weighted by atomic mass is 9.92. The van der Waals surface area contributed by atoms with Crippen molar-refractivity contribution in [3.8, 4) is 0 Å². The van der Waals surface area contributed by atoms with Gasteiger partial charge in [0.25, 0.3) is 0 Å². The topological polar surface area (TPSA) is 49.8 Å². The molecule has 2 aliphatic rings. The molecule has 0 aliphatic carbocycles. The van der Waals surface area contributed by atoms with Gasteiger partial charge in [-0.1, -0.05) is 0 Å². The number of hydrogen-bond donors (Lipinski definition) is 1. The summed E-state index contributed by atoms with van der Waals surface area (Å²) in [5.74, 6) is -1.32.